The molecule has 0 aromatic heterocycles. The van der Waals surface area contributed by atoms with E-state index in [1.807, 2.05) is 30.3 Å². The monoisotopic (exact) mass is 299 g/mol. The van der Waals surface area contributed by atoms with Gasteiger partial charge in [0.1, 0.15) is 0 Å². The van der Waals surface area contributed by atoms with Gasteiger partial charge >= 0.3 is 0 Å². The van der Waals surface area contributed by atoms with Crippen LogP contribution in [0.25, 0.3) is 0 Å². The van der Waals surface area contributed by atoms with Gasteiger partial charge in [-0.05, 0) is 19.4 Å². The van der Waals surface area contributed by atoms with Gasteiger partial charge in [0.05, 0.1) is 11.3 Å². The maximum absolute atomic E-state index is 12.1. The Hall–Kier alpha value is -1.59. The van der Waals surface area contributed by atoms with Crippen molar-refractivity contribution in [2.24, 2.45) is 16.9 Å². The molecule has 5 N–H and O–H groups in total. The highest BCUT2D eigenvalue weighted by Gasteiger charge is 2.27. The van der Waals surface area contributed by atoms with Gasteiger partial charge in [-0.2, -0.15) is 0 Å². The summed E-state index contributed by atoms with van der Waals surface area (Å²) in [5, 5.41) is 2.73. The SMILES string of the molecule is CC(C)(CNC(=O)C(CN)c1ccccc1)C(N)=O.Cl. The standard InChI is InChI=1S/C14H21N3O2.ClH/c1-14(2,13(16)19)9-17-12(18)11(8-15)10-6-4-3-5-7-10;/h3-7,11H,8-9,15H2,1-2H3,(H2,16,19)(H,17,18);1H. The number of hydrogen-bond acceptors (Lipinski definition) is 3. The van der Waals surface area contributed by atoms with Crippen molar-refractivity contribution in [1.82, 2.24) is 5.32 Å². The first-order valence-corrected chi connectivity index (χ1v) is 6.21. The second kappa shape index (κ2) is 7.87. The molecule has 1 atom stereocenters. The van der Waals surface area contributed by atoms with Crippen molar-refractivity contribution >= 4 is 24.2 Å². The van der Waals surface area contributed by atoms with Crippen LogP contribution in [0, 0.1) is 5.41 Å². The number of halogens is 1. The lowest BCUT2D eigenvalue weighted by molar-refractivity contribution is -0.127. The summed E-state index contributed by atoms with van der Waals surface area (Å²) in [6.45, 7) is 3.79. The summed E-state index contributed by atoms with van der Waals surface area (Å²) in [5.41, 5.74) is 11.0. The Kier molecular flexibility index (Phi) is 7.24. The van der Waals surface area contributed by atoms with Crippen LogP contribution in [0.15, 0.2) is 30.3 Å². The van der Waals surface area contributed by atoms with E-state index in [0.29, 0.717) is 0 Å². The predicted octanol–water partition coefficient (Wildman–Crippen LogP) is 0.778. The minimum absolute atomic E-state index is 0. The maximum Gasteiger partial charge on any atom is 0.228 e. The molecule has 2 amide bonds. The van der Waals surface area contributed by atoms with E-state index in [9.17, 15) is 9.59 Å². The lowest BCUT2D eigenvalue weighted by atomic mass is 9.92. The molecule has 0 aliphatic carbocycles. The van der Waals surface area contributed by atoms with Gasteiger partial charge in [0.25, 0.3) is 0 Å². The van der Waals surface area contributed by atoms with Crippen molar-refractivity contribution < 1.29 is 9.59 Å². The third-order valence-corrected chi connectivity index (χ3v) is 3.13. The zero-order valence-corrected chi connectivity index (χ0v) is 12.6. The number of carbonyl (C=O) groups is 2. The molecule has 0 saturated heterocycles. The van der Waals surface area contributed by atoms with Crippen LogP contribution in [0.5, 0.6) is 0 Å². The maximum atomic E-state index is 12.1. The molecule has 5 nitrogen and oxygen atoms in total. The Morgan fingerprint density at radius 3 is 2.25 bits per heavy atom. The van der Waals surface area contributed by atoms with E-state index < -0.39 is 17.2 Å². The molecule has 6 heteroatoms. The third-order valence-electron chi connectivity index (χ3n) is 3.13. The van der Waals surface area contributed by atoms with Crippen molar-refractivity contribution in [2.75, 3.05) is 13.1 Å². The summed E-state index contributed by atoms with van der Waals surface area (Å²) in [5.74, 6) is -1.05. The number of hydrogen-bond donors (Lipinski definition) is 3. The Morgan fingerprint density at radius 1 is 1.25 bits per heavy atom. The first-order valence-electron chi connectivity index (χ1n) is 6.21. The van der Waals surface area contributed by atoms with E-state index in [-0.39, 0.29) is 31.4 Å². The molecule has 0 spiro atoms. The molecular formula is C14H22ClN3O2. The van der Waals surface area contributed by atoms with E-state index >= 15 is 0 Å². The average molecular weight is 300 g/mol. The zero-order valence-electron chi connectivity index (χ0n) is 11.8. The van der Waals surface area contributed by atoms with Gasteiger partial charge in [0.2, 0.25) is 11.8 Å². The fourth-order valence-electron chi connectivity index (χ4n) is 1.60. The molecule has 0 radical (unpaired) electrons. The van der Waals surface area contributed by atoms with E-state index in [1.54, 1.807) is 13.8 Å². The Labute approximate surface area is 125 Å². The summed E-state index contributed by atoms with van der Waals surface area (Å²) in [4.78, 5) is 23.3. The lowest BCUT2D eigenvalue weighted by Crippen LogP contribution is -2.44. The molecular weight excluding hydrogens is 278 g/mol. The topological polar surface area (TPSA) is 98.2 Å². The molecule has 0 fully saturated rings. The highest BCUT2D eigenvalue weighted by Crippen LogP contribution is 2.16. The van der Waals surface area contributed by atoms with E-state index in [0.717, 1.165) is 5.56 Å². The summed E-state index contributed by atoms with van der Waals surface area (Å²) in [7, 11) is 0. The van der Waals surface area contributed by atoms with Gasteiger partial charge in [-0.3, -0.25) is 9.59 Å². The molecule has 1 unspecified atom stereocenters. The lowest BCUT2D eigenvalue weighted by Gasteiger charge is -2.23. The van der Waals surface area contributed by atoms with Gasteiger partial charge in [0, 0.05) is 13.1 Å². The first kappa shape index (κ1) is 18.4. The van der Waals surface area contributed by atoms with E-state index in [2.05, 4.69) is 5.32 Å². The number of primary amides is 1. The summed E-state index contributed by atoms with van der Waals surface area (Å²) in [6, 6.07) is 9.31. The van der Waals surface area contributed by atoms with Crippen LogP contribution >= 0.6 is 12.4 Å². The molecule has 0 saturated carbocycles. The number of amides is 2. The van der Waals surface area contributed by atoms with Crippen LogP contribution in [0.1, 0.15) is 25.3 Å². The summed E-state index contributed by atoms with van der Waals surface area (Å²) < 4.78 is 0. The Balaban J connectivity index is 0.00000361. The van der Waals surface area contributed by atoms with E-state index in [1.165, 1.54) is 0 Å². The molecule has 0 aliphatic rings. The fourth-order valence-corrected chi connectivity index (χ4v) is 1.60. The molecule has 1 aromatic carbocycles. The van der Waals surface area contributed by atoms with Crippen molar-refractivity contribution in [3.8, 4) is 0 Å². The summed E-state index contributed by atoms with van der Waals surface area (Å²) in [6.07, 6.45) is 0. The van der Waals surface area contributed by atoms with Gasteiger partial charge in [0.15, 0.2) is 0 Å². The molecule has 1 aromatic rings. The molecule has 112 valence electrons. The molecule has 0 aliphatic heterocycles. The zero-order chi connectivity index (χ0) is 14.5. The number of carbonyl (C=O) groups excluding carboxylic acids is 2. The molecule has 0 heterocycles. The Morgan fingerprint density at radius 2 is 1.80 bits per heavy atom. The van der Waals surface area contributed by atoms with Crippen molar-refractivity contribution in [3.63, 3.8) is 0 Å². The molecule has 0 bridgehead atoms. The number of rotatable bonds is 6. The average Bonchev–Trinajstić information content (AvgIpc) is 2.38. The van der Waals surface area contributed by atoms with Crippen molar-refractivity contribution in [3.05, 3.63) is 35.9 Å². The van der Waals surface area contributed by atoms with Crippen molar-refractivity contribution in [2.45, 2.75) is 19.8 Å². The third kappa shape index (κ3) is 4.83. The van der Waals surface area contributed by atoms with Crippen LogP contribution in [-0.4, -0.2) is 24.9 Å². The molecule has 20 heavy (non-hydrogen) atoms. The van der Waals surface area contributed by atoms with Crippen LogP contribution in [-0.2, 0) is 9.59 Å². The highest BCUT2D eigenvalue weighted by molar-refractivity contribution is 5.86. The van der Waals surface area contributed by atoms with E-state index in [4.69, 9.17) is 11.5 Å². The quantitative estimate of drug-likeness (QED) is 0.724. The Bertz CT molecular complexity index is 449. The second-order valence-corrected chi connectivity index (χ2v) is 5.16. The highest BCUT2D eigenvalue weighted by atomic mass is 35.5. The van der Waals surface area contributed by atoms with Crippen LogP contribution in [0.3, 0.4) is 0 Å². The fraction of sp³-hybridized carbons (Fsp3) is 0.429. The van der Waals surface area contributed by atoms with Gasteiger partial charge in [-0.15, -0.1) is 12.4 Å². The first-order chi connectivity index (χ1) is 8.88. The molecule has 1 rings (SSSR count). The van der Waals surface area contributed by atoms with Gasteiger partial charge in [-0.25, -0.2) is 0 Å². The van der Waals surface area contributed by atoms with Gasteiger partial charge in [-0.1, -0.05) is 30.3 Å². The number of nitrogens with two attached hydrogens (primary N) is 2. The number of nitrogens with one attached hydrogen (secondary N) is 1. The van der Waals surface area contributed by atoms with Crippen LogP contribution in [0.2, 0.25) is 0 Å². The minimum Gasteiger partial charge on any atom is -0.369 e. The minimum atomic E-state index is -0.772. The normalized spacial score (nSPS) is 12.2. The van der Waals surface area contributed by atoms with Gasteiger partial charge < -0.3 is 16.8 Å². The predicted molar refractivity (Wildman–Crippen MR) is 81.5 cm³/mol. The van der Waals surface area contributed by atoms with Crippen LogP contribution in [0.4, 0.5) is 0 Å². The number of benzene rings is 1. The smallest absolute Gasteiger partial charge is 0.228 e. The summed E-state index contributed by atoms with van der Waals surface area (Å²) >= 11 is 0. The van der Waals surface area contributed by atoms with Crippen LogP contribution < -0.4 is 16.8 Å². The largest absolute Gasteiger partial charge is 0.369 e. The second-order valence-electron chi connectivity index (χ2n) is 5.16. The van der Waals surface area contributed by atoms with Crippen molar-refractivity contribution in [1.29, 1.82) is 0 Å².